The first-order valence-electron chi connectivity index (χ1n) is 6.93. The van der Waals surface area contributed by atoms with Gasteiger partial charge in [-0.05, 0) is 55.4 Å². The molecule has 2 aliphatic rings. The van der Waals surface area contributed by atoms with Gasteiger partial charge in [-0.2, -0.15) is 0 Å². The zero-order valence-corrected chi connectivity index (χ0v) is 11.7. The van der Waals surface area contributed by atoms with Gasteiger partial charge in [0.05, 0.1) is 11.9 Å². The lowest BCUT2D eigenvalue weighted by Crippen LogP contribution is -2.47. The number of thioether (sulfide) groups is 1. The van der Waals surface area contributed by atoms with E-state index in [-0.39, 0.29) is 18.1 Å². The highest BCUT2D eigenvalue weighted by molar-refractivity contribution is 8.00. The number of benzene rings is 1. The molecule has 1 aromatic carbocycles. The predicted octanol–water partition coefficient (Wildman–Crippen LogP) is 1.91. The minimum absolute atomic E-state index is 0.0717. The van der Waals surface area contributed by atoms with Crippen LogP contribution in [0.4, 0.5) is 0 Å². The van der Waals surface area contributed by atoms with Gasteiger partial charge in [0.25, 0.3) is 0 Å². The summed E-state index contributed by atoms with van der Waals surface area (Å²) in [5.41, 5.74) is 2.92. The second kappa shape index (κ2) is 5.55. The van der Waals surface area contributed by atoms with Crippen LogP contribution in [0.15, 0.2) is 23.1 Å². The molecule has 0 unspecified atom stereocenters. The molecule has 0 spiro atoms. The fourth-order valence-electron chi connectivity index (χ4n) is 2.76. The summed E-state index contributed by atoms with van der Waals surface area (Å²) in [6.07, 6.45) is 4.83. The van der Waals surface area contributed by atoms with Crippen molar-refractivity contribution < 1.29 is 9.90 Å². The number of carbonyl (C=O) groups is 1. The summed E-state index contributed by atoms with van der Waals surface area (Å²) in [6.45, 7) is 0. The molecule has 2 aliphatic carbocycles. The Balaban J connectivity index is 1.48. The van der Waals surface area contributed by atoms with Crippen LogP contribution in [-0.4, -0.2) is 28.9 Å². The van der Waals surface area contributed by atoms with Crippen molar-refractivity contribution in [3.8, 4) is 0 Å². The van der Waals surface area contributed by atoms with Crippen molar-refractivity contribution in [2.75, 3.05) is 5.75 Å². The van der Waals surface area contributed by atoms with E-state index in [9.17, 15) is 9.90 Å². The fourth-order valence-corrected chi connectivity index (χ4v) is 3.53. The van der Waals surface area contributed by atoms with Gasteiger partial charge in [0.2, 0.25) is 5.91 Å². The molecule has 19 heavy (non-hydrogen) atoms. The van der Waals surface area contributed by atoms with Crippen LogP contribution < -0.4 is 5.32 Å². The first-order chi connectivity index (χ1) is 9.20. The minimum Gasteiger partial charge on any atom is -0.393 e. The van der Waals surface area contributed by atoms with Crippen molar-refractivity contribution in [3.05, 3.63) is 29.3 Å². The molecular formula is C15H19NO2S. The van der Waals surface area contributed by atoms with Crippen LogP contribution in [0.1, 0.15) is 30.4 Å². The highest BCUT2D eigenvalue weighted by atomic mass is 32.2. The standard InChI is InChI=1S/C15H19NO2S/c17-13-7-12(8-13)16-15(18)9-19-14-5-4-10-2-1-3-11(10)6-14/h4-6,12-13,17H,1-3,7-9H2,(H,16,18). The Kier molecular flexibility index (Phi) is 3.80. The lowest BCUT2D eigenvalue weighted by molar-refractivity contribution is -0.120. The summed E-state index contributed by atoms with van der Waals surface area (Å²) in [6, 6.07) is 6.73. The zero-order chi connectivity index (χ0) is 13.2. The summed E-state index contributed by atoms with van der Waals surface area (Å²) in [5, 5.41) is 12.1. The molecule has 0 radical (unpaired) electrons. The first kappa shape index (κ1) is 13.0. The average molecular weight is 277 g/mol. The van der Waals surface area contributed by atoms with Gasteiger partial charge >= 0.3 is 0 Å². The molecule has 0 aliphatic heterocycles. The van der Waals surface area contributed by atoms with E-state index in [0.29, 0.717) is 18.6 Å². The Morgan fingerprint density at radius 2 is 2.11 bits per heavy atom. The SMILES string of the molecule is O=C(CSc1ccc2c(c1)CCC2)NC1CC(O)C1. The molecule has 0 saturated heterocycles. The second-order valence-electron chi connectivity index (χ2n) is 5.46. The van der Waals surface area contributed by atoms with E-state index in [2.05, 4.69) is 23.5 Å². The van der Waals surface area contributed by atoms with Crippen molar-refractivity contribution in [2.45, 2.75) is 49.1 Å². The molecule has 0 aromatic heterocycles. The summed E-state index contributed by atoms with van der Waals surface area (Å²) in [4.78, 5) is 12.9. The van der Waals surface area contributed by atoms with Crippen molar-refractivity contribution in [1.29, 1.82) is 0 Å². The van der Waals surface area contributed by atoms with Crippen LogP contribution in [0.25, 0.3) is 0 Å². The zero-order valence-electron chi connectivity index (χ0n) is 10.9. The van der Waals surface area contributed by atoms with Crippen LogP contribution in [-0.2, 0) is 17.6 Å². The minimum atomic E-state index is -0.213. The number of aryl methyl sites for hydroxylation is 2. The largest absolute Gasteiger partial charge is 0.393 e. The highest BCUT2D eigenvalue weighted by Crippen LogP contribution is 2.27. The maximum Gasteiger partial charge on any atom is 0.230 e. The molecule has 0 atom stereocenters. The third-order valence-electron chi connectivity index (χ3n) is 3.92. The van der Waals surface area contributed by atoms with Crippen molar-refractivity contribution >= 4 is 17.7 Å². The molecule has 3 rings (SSSR count). The maximum atomic E-state index is 11.7. The quantitative estimate of drug-likeness (QED) is 0.827. The van der Waals surface area contributed by atoms with Gasteiger partial charge in [-0.15, -0.1) is 11.8 Å². The van der Waals surface area contributed by atoms with E-state index in [1.807, 2.05) is 0 Å². The topological polar surface area (TPSA) is 49.3 Å². The Morgan fingerprint density at radius 3 is 2.89 bits per heavy atom. The Labute approximate surface area is 117 Å². The number of hydrogen-bond donors (Lipinski definition) is 2. The normalized spacial score (nSPS) is 24.7. The molecule has 102 valence electrons. The van der Waals surface area contributed by atoms with Crippen molar-refractivity contribution in [2.24, 2.45) is 0 Å². The molecule has 0 heterocycles. The smallest absolute Gasteiger partial charge is 0.230 e. The van der Waals surface area contributed by atoms with E-state index in [1.165, 1.54) is 35.3 Å². The van der Waals surface area contributed by atoms with Crippen molar-refractivity contribution in [1.82, 2.24) is 5.32 Å². The molecular weight excluding hydrogens is 258 g/mol. The lowest BCUT2D eigenvalue weighted by atomic mass is 9.89. The van der Waals surface area contributed by atoms with E-state index in [1.54, 1.807) is 11.8 Å². The number of rotatable bonds is 4. The number of nitrogens with one attached hydrogen (secondary N) is 1. The van der Waals surface area contributed by atoms with Gasteiger partial charge in [-0.1, -0.05) is 6.07 Å². The molecule has 1 saturated carbocycles. The van der Waals surface area contributed by atoms with E-state index in [0.717, 1.165) is 0 Å². The Bertz CT molecular complexity index is 483. The van der Waals surface area contributed by atoms with Gasteiger partial charge in [-0.25, -0.2) is 0 Å². The first-order valence-corrected chi connectivity index (χ1v) is 7.91. The number of aliphatic hydroxyl groups is 1. The molecule has 2 N–H and O–H groups in total. The molecule has 1 aromatic rings. The average Bonchev–Trinajstić information content (AvgIpc) is 2.81. The lowest BCUT2D eigenvalue weighted by Gasteiger charge is -2.31. The number of fused-ring (bicyclic) bond motifs is 1. The Hall–Kier alpha value is -1.00. The van der Waals surface area contributed by atoms with E-state index in [4.69, 9.17) is 0 Å². The molecule has 4 heteroatoms. The third-order valence-corrected chi connectivity index (χ3v) is 4.91. The number of amides is 1. The van der Waals surface area contributed by atoms with Gasteiger partial charge in [0, 0.05) is 10.9 Å². The number of aliphatic hydroxyl groups excluding tert-OH is 1. The summed E-state index contributed by atoms with van der Waals surface area (Å²) in [5.74, 6) is 0.535. The predicted molar refractivity (Wildman–Crippen MR) is 76.4 cm³/mol. The highest BCUT2D eigenvalue weighted by Gasteiger charge is 2.28. The van der Waals surface area contributed by atoms with Crippen LogP contribution >= 0.6 is 11.8 Å². The summed E-state index contributed by atoms with van der Waals surface area (Å²) < 4.78 is 0. The van der Waals surface area contributed by atoms with Crippen LogP contribution in [0.5, 0.6) is 0 Å². The van der Waals surface area contributed by atoms with Crippen LogP contribution in [0.3, 0.4) is 0 Å². The second-order valence-corrected chi connectivity index (χ2v) is 6.51. The van der Waals surface area contributed by atoms with Crippen molar-refractivity contribution in [3.63, 3.8) is 0 Å². The van der Waals surface area contributed by atoms with E-state index >= 15 is 0 Å². The molecule has 3 nitrogen and oxygen atoms in total. The van der Waals surface area contributed by atoms with E-state index < -0.39 is 0 Å². The van der Waals surface area contributed by atoms with Gasteiger partial charge in [0.15, 0.2) is 0 Å². The third kappa shape index (κ3) is 3.12. The summed E-state index contributed by atoms with van der Waals surface area (Å²) >= 11 is 1.60. The molecule has 1 fully saturated rings. The molecule has 1 amide bonds. The monoisotopic (exact) mass is 277 g/mol. The van der Waals surface area contributed by atoms with Crippen LogP contribution in [0, 0.1) is 0 Å². The van der Waals surface area contributed by atoms with Gasteiger partial charge in [-0.3, -0.25) is 4.79 Å². The Morgan fingerprint density at radius 1 is 1.32 bits per heavy atom. The van der Waals surface area contributed by atoms with Crippen LogP contribution in [0.2, 0.25) is 0 Å². The number of carbonyl (C=O) groups excluding carboxylic acids is 1. The summed E-state index contributed by atoms with van der Waals surface area (Å²) in [7, 11) is 0. The fraction of sp³-hybridized carbons (Fsp3) is 0.533. The molecule has 0 bridgehead atoms. The number of hydrogen-bond acceptors (Lipinski definition) is 3. The van der Waals surface area contributed by atoms with Gasteiger partial charge in [0.1, 0.15) is 0 Å². The van der Waals surface area contributed by atoms with Gasteiger partial charge < -0.3 is 10.4 Å². The maximum absolute atomic E-state index is 11.7.